The largest absolute Gasteiger partial charge is 0.398 e. The summed E-state index contributed by atoms with van der Waals surface area (Å²) in [5, 5.41) is 0.617. The summed E-state index contributed by atoms with van der Waals surface area (Å²) >= 11 is 3.26. The lowest BCUT2D eigenvalue weighted by molar-refractivity contribution is 0.636. The Kier molecular flexibility index (Phi) is 2.95. The van der Waals surface area contributed by atoms with Gasteiger partial charge in [-0.1, -0.05) is 46.3 Å². The highest BCUT2D eigenvalue weighted by Crippen LogP contribution is 2.30. The van der Waals surface area contributed by atoms with E-state index in [1.165, 1.54) is 6.07 Å². The van der Waals surface area contributed by atoms with Crippen molar-refractivity contribution in [2.75, 3.05) is 5.73 Å². The molecule has 2 nitrogen and oxygen atoms in total. The van der Waals surface area contributed by atoms with Gasteiger partial charge in [-0.05, 0) is 18.2 Å². The summed E-state index contributed by atoms with van der Waals surface area (Å²) in [5.74, 6) is -0.381. The normalized spacial score (nSPS) is 10.8. The molecule has 2 N–H and O–H groups in total. The molecule has 0 fully saturated rings. The van der Waals surface area contributed by atoms with Crippen LogP contribution < -0.4 is 5.73 Å². The van der Waals surface area contributed by atoms with Crippen LogP contribution in [0.5, 0.6) is 0 Å². The summed E-state index contributed by atoms with van der Waals surface area (Å²) in [6.45, 7) is 0. The lowest BCUT2D eigenvalue weighted by atomic mass is 10.1. The minimum Gasteiger partial charge on any atom is -0.398 e. The van der Waals surface area contributed by atoms with E-state index in [1.54, 1.807) is 12.1 Å². The van der Waals surface area contributed by atoms with Gasteiger partial charge in [-0.3, -0.25) is 0 Å². The SMILES string of the molecule is Nc1cc(-c2ccccc2)nc2c(F)cc(Br)cc12. The van der Waals surface area contributed by atoms with E-state index < -0.39 is 0 Å². The van der Waals surface area contributed by atoms with Crippen molar-refractivity contribution >= 4 is 32.5 Å². The second-order valence-electron chi connectivity index (χ2n) is 4.25. The number of nitrogens with zero attached hydrogens (tertiary/aromatic N) is 1. The summed E-state index contributed by atoms with van der Waals surface area (Å²) in [7, 11) is 0. The first-order chi connectivity index (χ1) is 9.15. The monoisotopic (exact) mass is 316 g/mol. The quantitative estimate of drug-likeness (QED) is 0.723. The van der Waals surface area contributed by atoms with Crippen molar-refractivity contribution in [2.45, 2.75) is 0 Å². The van der Waals surface area contributed by atoms with Crippen molar-refractivity contribution in [1.82, 2.24) is 4.98 Å². The Morgan fingerprint density at radius 2 is 1.79 bits per heavy atom. The first kappa shape index (κ1) is 12.1. The van der Waals surface area contributed by atoms with Crippen molar-refractivity contribution in [3.63, 3.8) is 0 Å². The maximum Gasteiger partial charge on any atom is 0.150 e. The topological polar surface area (TPSA) is 38.9 Å². The molecule has 4 heteroatoms. The minimum absolute atomic E-state index is 0.294. The zero-order chi connectivity index (χ0) is 13.4. The van der Waals surface area contributed by atoms with Crippen LogP contribution in [0.25, 0.3) is 22.2 Å². The molecule has 0 bridgehead atoms. The van der Waals surface area contributed by atoms with Gasteiger partial charge in [0.2, 0.25) is 0 Å². The zero-order valence-electron chi connectivity index (χ0n) is 9.90. The van der Waals surface area contributed by atoms with Crippen molar-refractivity contribution in [2.24, 2.45) is 0 Å². The highest BCUT2D eigenvalue weighted by Gasteiger charge is 2.10. The fraction of sp³-hybridized carbons (Fsp3) is 0. The third-order valence-corrected chi connectivity index (χ3v) is 3.39. The Bertz CT molecular complexity index is 757. The number of hydrogen-bond donors (Lipinski definition) is 1. The van der Waals surface area contributed by atoms with Crippen molar-refractivity contribution in [3.8, 4) is 11.3 Å². The molecular weight excluding hydrogens is 307 g/mol. The van der Waals surface area contributed by atoms with Crippen molar-refractivity contribution < 1.29 is 4.39 Å². The molecule has 0 amide bonds. The number of rotatable bonds is 1. The average Bonchev–Trinajstić information content (AvgIpc) is 2.41. The second-order valence-corrected chi connectivity index (χ2v) is 5.16. The molecule has 94 valence electrons. The fourth-order valence-electron chi connectivity index (χ4n) is 2.03. The van der Waals surface area contributed by atoms with Gasteiger partial charge in [0.15, 0.2) is 5.82 Å². The predicted molar refractivity (Wildman–Crippen MR) is 79.2 cm³/mol. The molecule has 19 heavy (non-hydrogen) atoms. The molecule has 1 heterocycles. The van der Waals surface area contributed by atoms with Crippen molar-refractivity contribution in [1.29, 1.82) is 0 Å². The van der Waals surface area contributed by atoms with Crippen LogP contribution in [0.3, 0.4) is 0 Å². The van der Waals surface area contributed by atoms with Crippen LogP contribution in [0.15, 0.2) is 53.0 Å². The second kappa shape index (κ2) is 4.63. The molecule has 0 aliphatic carbocycles. The van der Waals surface area contributed by atoms with Crippen LogP contribution in [-0.2, 0) is 0 Å². The molecule has 0 saturated heterocycles. The number of nitrogens with two attached hydrogens (primary N) is 1. The first-order valence-electron chi connectivity index (χ1n) is 5.76. The Morgan fingerprint density at radius 3 is 2.53 bits per heavy atom. The van der Waals surface area contributed by atoms with Gasteiger partial charge in [-0.25, -0.2) is 9.37 Å². The van der Waals surface area contributed by atoms with Gasteiger partial charge in [0.05, 0.1) is 5.69 Å². The predicted octanol–water partition coefficient (Wildman–Crippen LogP) is 4.39. The number of fused-ring (bicyclic) bond motifs is 1. The number of hydrogen-bond acceptors (Lipinski definition) is 2. The lowest BCUT2D eigenvalue weighted by Gasteiger charge is -2.08. The molecule has 0 radical (unpaired) electrons. The maximum absolute atomic E-state index is 14.0. The summed E-state index contributed by atoms with van der Waals surface area (Å²) < 4.78 is 14.6. The highest BCUT2D eigenvalue weighted by atomic mass is 79.9. The van der Waals surface area contributed by atoms with Crippen LogP contribution in [-0.4, -0.2) is 4.98 Å². The van der Waals surface area contributed by atoms with Crippen LogP contribution in [0.1, 0.15) is 0 Å². The van der Waals surface area contributed by atoms with E-state index in [0.29, 0.717) is 26.8 Å². The Balaban J connectivity index is 2.31. The summed E-state index contributed by atoms with van der Waals surface area (Å²) in [6, 6.07) is 14.5. The standard InChI is InChI=1S/C15H10BrFN2/c16-10-6-11-13(18)8-14(9-4-2-1-3-5-9)19-15(11)12(17)7-10/h1-8H,(H2,18,19). The smallest absolute Gasteiger partial charge is 0.150 e. The Labute approximate surface area is 118 Å². The molecule has 3 aromatic rings. The average molecular weight is 317 g/mol. The first-order valence-corrected chi connectivity index (χ1v) is 6.55. The molecule has 1 aromatic heterocycles. The molecule has 0 saturated carbocycles. The van der Waals surface area contributed by atoms with Crippen LogP contribution in [0, 0.1) is 5.82 Å². The third kappa shape index (κ3) is 2.19. The number of nitrogen functional groups attached to an aromatic ring is 1. The third-order valence-electron chi connectivity index (χ3n) is 2.93. The van der Waals surface area contributed by atoms with E-state index in [4.69, 9.17) is 5.73 Å². The van der Waals surface area contributed by atoms with E-state index in [-0.39, 0.29) is 5.82 Å². The minimum atomic E-state index is -0.381. The van der Waals surface area contributed by atoms with E-state index in [0.717, 1.165) is 5.56 Å². The molecule has 0 spiro atoms. The van der Waals surface area contributed by atoms with Gasteiger partial charge >= 0.3 is 0 Å². The van der Waals surface area contributed by atoms with Gasteiger partial charge in [0.1, 0.15) is 5.52 Å². The van der Waals surface area contributed by atoms with Crippen LogP contribution >= 0.6 is 15.9 Å². The van der Waals surface area contributed by atoms with E-state index in [9.17, 15) is 4.39 Å². The van der Waals surface area contributed by atoms with Gasteiger partial charge < -0.3 is 5.73 Å². The number of anilines is 1. The molecule has 3 rings (SSSR count). The number of benzene rings is 2. The van der Waals surface area contributed by atoms with E-state index in [2.05, 4.69) is 20.9 Å². The van der Waals surface area contributed by atoms with Gasteiger partial charge in [-0.2, -0.15) is 0 Å². The zero-order valence-corrected chi connectivity index (χ0v) is 11.5. The summed E-state index contributed by atoms with van der Waals surface area (Å²) in [5.41, 5.74) is 8.40. The summed E-state index contributed by atoms with van der Waals surface area (Å²) in [4.78, 5) is 4.37. The Morgan fingerprint density at radius 1 is 1.05 bits per heavy atom. The summed E-state index contributed by atoms with van der Waals surface area (Å²) in [6.07, 6.45) is 0. The van der Waals surface area contributed by atoms with Crippen LogP contribution in [0.2, 0.25) is 0 Å². The number of halogens is 2. The molecular formula is C15H10BrFN2. The van der Waals surface area contributed by atoms with E-state index in [1.807, 2.05) is 30.3 Å². The number of pyridine rings is 1. The lowest BCUT2D eigenvalue weighted by Crippen LogP contribution is -1.95. The molecule has 0 aliphatic heterocycles. The van der Waals surface area contributed by atoms with Gasteiger partial charge in [0, 0.05) is 21.1 Å². The number of aromatic nitrogens is 1. The highest BCUT2D eigenvalue weighted by molar-refractivity contribution is 9.10. The van der Waals surface area contributed by atoms with Gasteiger partial charge in [-0.15, -0.1) is 0 Å². The van der Waals surface area contributed by atoms with Gasteiger partial charge in [0.25, 0.3) is 0 Å². The molecule has 0 aliphatic rings. The molecule has 2 aromatic carbocycles. The maximum atomic E-state index is 14.0. The fourth-order valence-corrected chi connectivity index (χ4v) is 2.46. The van der Waals surface area contributed by atoms with Crippen LogP contribution in [0.4, 0.5) is 10.1 Å². The van der Waals surface area contributed by atoms with E-state index >= 15 is 0 Å². The van der Waals surface area contributed by atoms with Crippen molar-refractivity contribution in [3.05, 3.63) is 58.8 Å². The molecule has 0 atom stereocenters. The molecule has 0 unspecified atom stereocenters. The Hall–Kier alpha value is -1.94.